The van der Waals surface area contributed by atoms with Crippen LogP contribution in [0.25, 0.3) is 0 Å². The summed E-state index contributed by atoms with van der Waals surface area (Å²) in [5, 5.41) is 12.7. The average Bonchev–Trinajstić information content (AvgIpc) is 3.32. The first-order valence-corrected chi connectivity index (χ1v) is 11.1. The molecule has 0 aliphatic heterocycles. The molecule has 0 saturated carbocycles. The van der Waals surface area contributed by atoms with Crippen LogP contribution in [0.1, 0.15) is 33.1 Å². The van der Waals surface area contributed by atoms with Crippen molar-refractivity contribution in [3.63, 3.8) is 0 Å². The van der Waals surface area contributed by atoms with E-state index in [1.165, 1.54) is 0 Å². The highest BCUT2D eigenvalue weighted by Crippen LogP contribution is 2.24. The van der Waals surface area contributed by atoms with Gasteiger partial charge in [0.1, 0.15) is 18.1 Å². The Kier molecular flexibility index (Phi) is 6.93. The van der Waals surface area contributed by atoms with Gasteiger partial charge in [0.15, 0.2) is 11.5 Å². The molecule has 0 fully saturated rings. The summed E-state index contributed by atoms with van der Waals surface area (Å²) < 4.78 is 12.7. The van der Waals surface area contributed by atoms with Crippen molar-refractivity contribution in [1.29, 1.82) is 0 Å². The highest BCUT2D eigenvalue weighted by Gasteiger charge is 2.21. The second kappa shape index (κ2) is 9.87. The minimum atomic E-state index is -0.444. The van der Waals surface area contributed by atoms with Crippen LogP contribution in [0.2, 0.25) is 15.1 Å². The Balaban J connectivity index is 1.46. The van der Waals surface area contributed by atoms with Crippen LogP contribution < -0.4 is 10.1 Å². The molecule has 4 rings (SSSR count). The maximum atomic E-state index is 12.9. The number of nitrogens with one attached hydrogen (secondary N) is 1. The monoisotopic (exact) mass is 504 g/mol. The first-order chi connectivity index (χ1) is 15.8. The van der Waals surface area contributed by atoms with Crippen LogP contribution in [0, 0.1) is 13.8 Å². The fraction of sp³-hybridized carbons (Fsp3) is 0.174. The van der Waals surface area contributed by atoms with Gasteiger partial charge in [0.05, 0.1) is 22.2 Å². The van der Waals surface area contributed by atoms with E-state index in [1.54, 1.807) is 54.1 Å². The minimum Gasteiger partial charge on any atom is -0.489 e. The van der Waals surface area contributed by atoms with Crippen molar-refractivity contribution in [3.8, 4) is 5.75 Å². The first kappa shape index (κ1) is 23.2. The topological polar surface area (TPSA) is 82.2 Å². The van der Waals surface area contributed by atoms with E-state index in [-0.39, 0.29) is 12.3 Å². The summed E-state index contributed by atoms with van der Waals surface area (Å²) >= 11 is 18.0. The molecule has 7 nitrogen and oxygen atoms in total. The van der Waals surface area contributed by atoms with Gasteiger partial charge in [-0.05, 0) is 55.8 Å². The number of carbonyl (C=O) groups excluding carboxylic acids is 1. The van der Waals surface area contributed by atoms with Gasteiger partial charge in [-0.15, -0.1) is 0 Å². The van der Waals surface area contributed by atoms with Gasteiger partial charge >= 0.3 is 0 Å². The van der Waals surface area contributed by atoms with Crippen molar-refractivity contribution in [2.24, 2.45) is 0 Å². The molecule has 1 N–H and O–H groups in total. The van der Waals surface area contributed by atoms with E-state index in [4.69, 9.17) is 44.1 Å². The molecule has 2 heterocycles. The van der Waals surface area contributed by atoms with Gasteiger partial charge in [0.2, 0.25) is 0 Å². The largest absolute Gasteiger partial charge is 0.489 e. The van der Waals surface area contributed by atoms with Gasteiger partial charge in [-0.25, -0.2) is 0 Å². The molecule has 0 atom stereocenters. The Morgan fingerprint density at radius 1 is 1.06 bits per heavy atom. The summed E-state index contributed by atoms with van der Waals surface area (Å²) in [6.45, 7) is 4.21. The summed E-state index contributed by atoms with van der Waals surface area (Å²) in [4.78, 5) is 12.9. The molecule has 2 aromatic heterocycles. The Morgan fingerprint density at radius 3 is 2.55 bits per heavy atom. The van der Waals surface area contributed by atoms with Crippen molar-refractivity contribution in [1.82, 2.24) is 14.9 Å². The molecular formula is C23H19Cl3N4O3. The van der Waals surface area contributed by atoms with Crippen LogP contribution in [0.4, 0.5) is 5.82 Å². The molecule has 0 aliphatic carbocycles. The SMILES string of the molecule is Cc1onc(C(=O)Nc2cc(C)n(Cc3ccc(Cl)c(Cl)c3)n2)c1COc1ccc(Cl)cc1. The summed E-state index contributed by atoms with van der Waals surface area (Å²) in [5.41, 5.74) is 2.48. The molecule has 0 aliphatic rings. The second-order valence-electron chi connectivity index (χ2n) is 7.34. The van der Waals surface area contributed by atoms with Crippen LogP contribution in [0.5, 0.6) is 5.75 Å². The maximum absolute atomic E-state index is 12.9. The van der Waals surface area contributed by atoms with Gasteiger partial charge in [0, 0.05) is 16.8 Å². The van der Waals surface area contributed by atoms with Crippen LogP contribution in [-0.4, -0.2) is 20.8 Å². The molecular weight excluding hydrogens is 487 g/mol. The third kappa shape index (κ3) is 5.50. The zero-order valence-corrected chi connectivity index (χ0v) is 20.0. The Labute approximate surface area is 205 Å². The van der Waals surface area contributed by atoms with Gasteiger partial charge in [-0.1, -0.05) is 46.0 Å². The Morgan fingerprint density at radius 2 is 1.82 bits per heavy atom. The van der Waals surface area contributed by atoms with E-state index in [0.717, 1.165) is 11.3 Å². The highest BCUT2D eigenvalue weighted by molar-refractivity contribution is 6.42. The Hall–Kier alpha value is -3.00. The number of rotatable bonds is 7. The zero-order chi connectivity index (χ0) is 23.5. The lowest BCUT2D eigenvalue weighted by atomic mass is 10.2. The van der Waals surface area contributed by atoms with E-state index in [0.29, 0.717) is 44.5 Å². The number of anilines is 1. The number of aromatic nitrogens is 3. The molecule has 0 bridgehead atoms. The quantitative estimate of drug-likeness (QED) is 0.317. The van der Waals surface area contributed by atoms with Crippen molar-refractivity contribution in [2.75, 3.05) is 5.32 Å². The maximum Gasteiger partial charge on any atom is 0.279 e. The molecule has 2 aromatic carbocycles. The van der Waals surface area contributed by atoms with Crippen LogP contribution >= 0.6 is 34.8 Å². The lowest BCUT2D eigenvalue weighted by Crippen LogP contribution is -2.16. The standard InChI is InChI=1S/C23H19Cl3N4O3/c1-13-9-21(28-30(13)11-15-3-8-19(25)20(26)10-15)27-23(31)22-18(14(2)33-29-22)12-32-17-6-4-16(24)5-7-17/h3-10H,11-12H2,1-2H3,(H,27,28,31). The fourth-order valence-electron chi connectivity index (χ4n) is 3.14. The number of benzene rings is 2. The molecule has 0 saturated heterocycles. The summed E-state index contributed by atoms with van der Waals surface area (Å²) in [5.74, 6) is 1.06. The van der Waals surface area contributed by atoms with Crippen LogP contribution in [0.15, 0.2) is 53.1 Å². The Bertz CT molecular complexity index is 1300. The van der Waals surface area contributed by atoms with E-state index < -0.39 is 5.91 Å². The van der Waals surface area contributed by atoms with Crippen LogP contribution in [0.3, 0.4) is 0 Å². The number of nitrogens with zero attached hydrogens (tertiary/aromatic N) is 3. The third-order valence-corrected chi connectivity index (χ3v) is 5.93. The molecule has 170 valence electrons. The van der Waals surface area contributed by atoms with Crippen molar-refractivity contribution in [3.05, 3.63) is 91.9 Å². The van der Waals surface area contributed by atoms with Crippen LogP contribution in [-0.2, 0) is 13.2 Å². The first-order valence-electron chi connectivity index (χ1n) is 9.93. The van der Waals surface area contributed by atoms with Gasteiger partial charge < -0.3 is 14.6 Å². The fourth-order valence-corrected chi connectivity index (χ4v) is 3.59. The summed E-state index contributed by atoms with van der Waals surface area (Å²) in [6.07, 6.45) is 0. The summed E-state index contributed by atoms with van der Waals surface area (Å²) in [7, 11) is 0. The van der Waals surface area contributed by atoms with Gasteiger partial charge in [-0.3, -0.25) is 9.48 Å². The third-order valence-electron chi connectivity index (χ3n) is 4.94. The molecule has 4 aromatic rings. The highest BCUT2D eigenvalue weighted by atomic mass is 35.5. The molecule has 33 heavy (non-hydrogen) atoms. The predicted molar refractivity (Wildman–Crippen MR) is 128 cm³/mol. The lowest BCUT2D eigenvalue weighted by Gasteiger charge is -2.07. The van der Waals surface area contributed by atoms with Gasteiger partial charge in [-0.2, -0.15) is 5.10 Å². The number of hydrogen-bond acceptors (Lipinski definition) is 5. The number of hydrogen-bond donors (Lipinski definition) is 1. The lowest BCUT2D eigenvalue weighted by molar-refractivity contribution is 0.101. The predicted octanol–water partition coefficient (Wildman–Crippen LogP) is 6.33. The number of aryl methyl sites for hydroxylation is 2. The molecule has 10 heteroatoms. The smallest absolute Gasteiger partial charge is 0.279 e. The molecule has 0 spiro atoms. The second-order valence-corrected chi connectivity index (χ2v) is 8.59. The molecule has 0 radical (unpaired) electrons. The number of ether oxygens (including phenoxy) is 1. The van der Waals surface area contributed by atoms with E-state index in [9.17, 15) is 4.79 Å². The van der Waals surface area contributed by atoms with Crippen molar-refractivity contribution in [2.45, 2.75) is 27.0 Å². The number of carbonyl (C=O) groups is 1. The normalized spacial score (nSPS) is 10.9. The number of amides is 1. The number of halogens is 3. The van der Waals surface area contributed by atoms with Crippen molar-refractivity contribution >= 4 is 46.5 Å². The summed E-state index contributed by atoms with van der Waals surface area (Å²) in [6, 6.07) is 14.1. The van der Waals surface area contributed by atoms with E-state index >= 15 is 0 Å². The average molecular weight is 506 g/mol. The molecule has 1 amide bonds. The van der Waals surface area contributed by atoms with Gasteiger partial charge in [0.25, 0.3) is 5.91 Å². The molecule has 0 unspecified atom stereocenters. The zero-order valence-electron chi connectivity index (χ0n) is 17.7. The van der Waals surface area contributed by atoms with E-state index in [1.807, 2.05) is 13.0 Å². The minimum absolute atomic E-state index is 0.116. The van der Waals surface area contributed by atoms with E-state index in [2.05, 4.69) is 15.6 Å². The van der Waals surface area contributed by atoms with Crippen molar-refractivity contribution < 1.29 is 14.1 Å².